The molecular formula is C12H20ClN3O. The van der Waals surface area contributed by atoms with Crippen LogP contribution in [0, 0.1) is 0 Å². The molecule has 1 rings (SSSR count). The van der Waals surface area contributed by atoms with Gasteiger partial charge in [-0.25, -0.2) is 9.97 Å². The number of nitrogens with zero attached hydrogens (tertiary/aromatic N) is 3. The molecule has 17 heavy (non-hydrogen) atoms. The topological polar surface area (TPSA) is 49.2 Å². The van der Waals surface area contributed by atoms with E-state index in [9.17, 15) is 0 Å². The van der Waals surface area contributed by atoms with Gasteiger partial charge < -0.3 is 10.0 Å². The first-order valence-electron chi connectivity index (χ1n) is 6.02. The summed E-state index contributed by atoms with van der Waals surface area (Å²) in [7, 11) is 2.01. The highest BCUT2D eigenvalue weighted by Crippen LogP contribution is 2.23. The van der Waals surface area contributed by atoms with Crippen LogP contribution >= 0.6 is 11.6 Å². The molecule has 0 saturated carbocycles. The van der Waals surface area contributed by atoms with Crippen molar-refractivity contribution in [1.29, 1.82) is 0 Å². The van der Waals surface area contributed by atoms with Crippen LogP contribution in [-0.2, 0) is 6.42 Å². The van der Waals surface area contributed by atoms with Crippen LogP contribution < -0.4 is 4.90 Å². The third-order valence-corrected chi connectivity index (χ3v) is 3.06. The summed E-state index contributed by atoms with van der Waals surface area (Å²) >= 11 is 6.05. The van der Waals surface area contributed by atoms with Crippen molar-refractivity contribution in [2.24, 2.45) is 0 Å². The van der Waals surface area contributed by atoms with Crippen molar-refractivity contribution < 1.29 is 5.11 Å². The minimum atomic E-state index is 0.267. The summed E-state index contributed by atoms with van der Waals surface area (Å²) in [6.07, 6.45) is 5.26. The minimum Gasteiger partial charge on any atom is -0.396 e. The quantitative estimate of drug-likeness (QED) is 0.602. The van der Waals surface area contributed by atoms with Crippen molar-refractivity contribution in [1.82, 2.24) is 9.97 Å². The monoisotopic (exact) mass is 257 g/mol. The first-order valence-corrected chi connectivity index (χ1v) is 6.39. The van der Waals surface area contributed by atoms with E-state index >= 15 is 0 Å². The molecule has 0 unspecified atom stereocenters. The number of aromatic nitrogens is 2. The molecule has 0 fully saturated rings. The average molecular weight is 258 g/mol. The third kappa shape index (κ3) is 4.13. The van der Waals surface area contributed by atoms with Gasteiger partial charge in [-0.2, -0.15) is 0 Å². The molecule has 1 N–H and O–H groups in total. The lowest BCUT2D eigenvalue weighted by Gasteiger charge is -2.20. The molecular weight excluding hydrogens is 238 g/mol. The van der Waals surface area contributed by atoms with Gasteiger partial charge in [-0.3, -0.25) is 0 Å². The fourth-order valence-electron chi connectivity index (χ4n) is 1.76. The molecule has 0 aliphatic heterocycles. The fraction of sp³-hybridized carbons (Fsp3) is 0.667. The SMILES string of the molecule is CCc1c(Cl)ncnc1N(C)CCCCCO. The summed E-state index contributed by atoms with van der Waals surface area (Å²) in [4.78, 5) is 10.4. The van der Waals surface area contributed by atoms with Crippen LogP contribution in [0.25, 0.3) is 0 Å². The highest BCUT2D eigenvalue weighted by Gasteiger charge is 2.11. The highest BCUT2D eigenvalue weighted by molar-refractivity contribution is 6.30. The van der Waals surface area contributed by atoms with Crippen LogP contribution in [0.3, 0.4) is 0 Å². The second-order valence-electron chi connectivity index (χ2n) is 4.03. The average Bonchev–Trinajstić information content (AvgIpc) is 2.34. The van der Waals surface area contributed by atoms with Gasteiger partial charge in [0.15, 0.2) is 0 Å². The van der Waals surface area contributed by atoms with Crippen molar-refractivity contribution in [3.8, 4) is 0 Å². The number of aliphatic hydroxyl groups excluding tert-OH is 1. The third-order valence-electron chi connectivity index (χ3n) is 2.74. The number of hydrogen-bond acceptors (Lipinski definition) is 4. The van der Waals surface area contributed by atoms with Crippen molar-refractivity contribution in [2.75, 3.05) is 25.1 Å². The zero-order valence-electron chi connectivity index (χ0n) is 10.5. The van der Waals surface area contributed by atoms with E-state index in [0.29, 0.717) is 5.15 Å². The first-order chi connectivity index (χ1) is 8.20. The van der Waals surface area contributed by atoms with Gasteiger partial charge in [-0.05, 0) is 25.7 Å². The van der Waals surface area contributed by atoms with Gasteiger partial charge in [-0.15, -0.1) is 0 Å². The summed E-state index contributed by atoms with van der Waals surface area (Å²) in [6.45, 7) is 3.23. The predicted molar refractivity (Wildman–Crippen MR) is 70.6 cm³/mol. The second-order valence-corrected chi connectivity index (χ2v) is 4.38. The van der Waals surface area contributed by atoms with Crippen LogP contribution in [-0.4, -0.2) is 35.3 Å². The van der Waals surface area contributed by atoms with E-state index in [2.05, 4.69) is 14.9 Å². The molecule has 96 valence electrons. The van der Waals surface area contributed by atoms with E-state index in [0.717, 1.165) is 43.6 Å². The van der Waals surface area contributed by atoms with Gasteiger partial charge in [0.2, 0.25) is 0 Å². The lowest BCUT2D eigenvalue weighted by atomic mass is 10.2. The van der Waals surface area contributed by atoms with Crippen LogP contribution in [0.15, 0.2) is 6.33 Å². The molecule has 0 saturated heterocycles. The zero-order valence-corrected chi connectivity index (χ0v) is 11.2. The molecule has 4 nitrogen and oxygen atoms in total. The maximum absolute atomic E-state index is 8.72. The lowest BCUT2D eigenvalue weighted by Crippen LogP contribution is -2.21. The Morgan fingerprint density at radius 2 is 2.06 bits per heavy atom. The number of rotatable bonds is 7. The Balaban J connectivity index is 2.61. The predicted octanol–water partition coefficient (Wildman–Crippen LogP) is 2.29. The normalized spacial score (nSPS) is 10.6. The zero-order chi connectivity index (χ0) is 12.7. The van der Waals surface area contributed by atoms with Gasteiger partial charge >= 0.3 is 0 Å². The molecule has 0 bridgehead atoms. The number of halogens is 1. The minimum absolute atomic E-state index is 0.267. The van der Waals surface area contributed by atoms with Crippen LogP contribution in [0.5, 0.6) is 0 Å². The van der Waals surface area contributed by atoms with Gasteiger partial charge in [0, 0.05) is 25.8 Å². The van der Waals surface area contributed by atoms with Crippen molar-refractivity contribution >= 4 is 17.4 Å². The molecule has 1 aromatic heterocycles. The maximum Gasteiger partial charge on any atom is 0.137 e. The molecule has 0 aliphatic carbocycles. The molecule has 0 radical (unpaired) electrons. The Kier molecular flexibility index (Phi) is 6.22. The molecule has 0 amide bonds. The van der Waals surface area contributed by atoms with Crippen molar-refractivity contribution in [2.45, 2.75) is 32.6 Å². The van der Waals surface area contributed by atoms with Crippen LogP contribution in [0.2, 0.25) is 5.15 Å². The first kappa shape index (κ1) is 14.2. The molecule has 0 spiro atoms. The van der Waals surface area contributed by atoms with Gasteiger partial charge in [0.25, 0.3) is 0 Å². The lowest BCUT2D eigenvalue weighted by molar-refractivity contribution is 0.283. The van der Waals surface area contributed by atoms with E-state index in [1.165, 1.54) is 6.33 Å². The van der Waals surface area contributed by atoms with Gasteiger partial charge in [-0.1, -0.05) is 18.5 Å². The van der Waals surface area contributed by atoms with E-state index in [4.69, 9.17) is 16.7 Å². The summed E-state index contributed by atoms with van der Waals surface area (Å²) in [5, 5.41) is 9.26. The number of unbranched alkanes of at least 4 members (excludes halogenated alkanes) is 2. The van der Waals surface area contributed by atoms with E-state index < -0.39 is 0 Å². The Morgan fingerprint density at radius 1 is 1.29 bits per heavy atom. The Hall–Kier alpha value is -0.870. The molecule has 1 aromatic rings. The summed E-state index contributed by atoms with van der Waals surface area (Å²) < 4.78 is 0. The Morgan fingerprint density at radius 3 is 2.71 bits per heavy atom. The summed E-state index contributed by atoms with van der Waals surface area (Å²) in [5.74, 6) is 0.913. The van der Waals surface area contributed by atoms with Crippen LogP contribution in [0.4, 0.5) is 5.82 Å². The largest absolute Gasteiger partial charge is 0.396 e. The van der Waals surface area contributed by atoms with E-state index in [1.807, 2.05) is 14.0 Å². The highest BCUT2D eigenvalue weighted by atomic mass is 35.5. The number of aliphatic hydroxyl groups is 1. The second kappa shape index (κ2) is 7.45. The fourth-order valence-corrected chi connectivity index (χ4v) is 2.02. The molecule has 0 aliphatic rings. The Bertz CT molecular complexity index is 347. The van der Waals surface area contributed by atoms with Gasteiger partial charge in [0.1, 0.15) is 17.3 Å². The number of hydrogen-bond donors (Lipinski definition) is 1. The smallest absolute Gasteiger partial charge is 0.137 e. The standard InChI is InChI=1S/C12H20ClN3O/c1-3-10-11(13)14-9-15-12(10)16(2)7-5-4-6-8-17/h9,17H,3-8H2,1-2H3. The number of anilines is 1. The summed E-state index contributed by atoms with van der Waals surface area (Å²) in [5.41, 5.74) is 0.999. The molecule has 0 atom stereocenters. The van der Waals surface area contributed by atoms with E-state index in [-0.39, 0.29) is 6.61 Å². The van der Waals surface area contributed by atoms with Crippen molar-refractivity contribution in [3.05, 3.63) is 17.0 Å². The van der Waals surface area contributed by atoms with E-state index in [1.54, 1.807) is 0 Å². The maximum atomic E-state index is 8.72. The molecule has 0 aromatic carbocycles. The van der Waals surface area contributed by atoms with Crippen LogP contribution in [0.1, 0.15) is 31.7 Å². The van der Waals surface area contributed by atoms with Crippen molar-refractivity contribution in [3.63, 3.8) is 0 Å². The summed E-state index contributed by atoms with van der Waals surface area (Å²) in [6, 6.07) is 0. The Labute approximate surface area is 108 Å². The molecule has 1 heterocycles. The molecule has 5 heteroatoms. The van der Waals surface area contributed by atoms with Gasteiger partial charge in [0.05, 0.1) is 0 Å².